The number of hydrogen-bond acceptors (Lipinski definition) is 1. The largest absolute Gasteiger partial charge is 0.148 e. The predicted octanol–water partition coefficient (Wildman–Crippen LogP) is 5.07. The van der Waals surface area contributed by atoms with Crippen molar-refractivity contribution in [1.82, 2.24) is 0 Å². The average molecular weight is 246 g/mol. The van der Waals surface area contributed by atoms with Gasteiger partial charge in [-0.1, -0.05) is 44.2 Å². The average Bonchev–Trinajstić information content (AvgIpc) is 2.53. The summed E-state index contributed by atoms with van der Waals surface area (Å²) in [5.41, 5.74) is 3.05. The van der Waals surface area contributed by atoms with Crippen LogP contribution in [0.4, 0.5) is 0 Å². The van der Waals surface area contributed by atoms with Gasteiger partial charge in [0.15, 0.2) is 0 Å². The van der Waals surface area contributed by atoms with Gasteiger partial charge in [0, 0.05) is 0 Å². The minimum Gasteiger partial charge on any atom is -0.148 e. The van der Waals surface area contributed by atoms with Gasteiger partial charge in [0.05, 0.1) is 0 Å². The highest BCUT2D eigenvalue weighted by Crippen LogP contribution is 2.33. The lowest BCUT2D eigenvalue weighted by Gasteiger charge is -2.19. The van der Waals surface area contributed by atoms with Gasteiger partial charge in [-0.05, 0) is 53.6 Å². The molecule has 17 heavy (non-hydrogen) atoms. The highest BCUT2D eigenvalue weighted by atomic mass is 32.1. The Morgan fingerprint density at radius 3 is 2.82 bits per heavy atom. The van der Waals surface area contributed by atoms with Crippen LogP contribution < -0.4 is 0 Å². The summed E-state index contributed by atoms with van der Waals surface area (Å²) in [6.07, 6.45) is 16.2. The van der Waals surface area contributed by atoms with Crippen LogP contribution in [0.1, 0.15) is 39.5 Å². The molecule has 2 aliphatic rings. The number of thiol groups is 1. The molecule has 1 heteroatoms. The smallest absolute Gasteiger partial charge is 0.0130 e. The molecule has 0 aromatic carbocycles. The second-order valence-electron chi connectivity index (χ2n) is 5.17. The lowest BCUT2D eigenvalue weighted by molar-refractivity contribution is 0.602. The fraction of sp³-hybridized carbons (Fsp3) is 0.500. The summed E-state index contributed by atoms with van der Waals surface area (Å²) in [6, 6.07) is 0. The van der Waals surface area contributed by atoms with Gasteiger partial charge in [0.1, 0.15) is 0 Å². The lowest BCUT2D eigenvalue weighted by atomic mass is 9.86. The Balaban J connectivity index is 2.14. The lowest BCUT2D eigenvalue weighted by Crippen LogP contribution is -2.03. The molecule has 0 saturated carbocycles. The monoisotopic (exact) mass is 246 g/mol. The Hall–Kier alpha value is -0.690. The maximum atomic E-state index is 4.55. The van der Waals surface area contributed by atoms with E-state index in [1.54, 1.807) is 0 Å². The van der Waals surface area contributed by atoms with Gasteiger partial charge in [-0.3, -0.25) is 0 Å². The summed E-state index contributed by atoms with van der Waals surface area (Å²) in [6.45, 7) is 4.53. The van der Waals surface area contributed by atoms with E-state index in [-0.39, 0.29) is 0 Å². The summed E-state index contributed by atoms with van der Waals surface area (Å²) in [5.74, 6) is 1.34. The number of hydrogen-bond donors (Lipinski definition) is 1. The Morgan fingerprint density at radius 1 is 1.24 bits per heavy atom. The van der Waals surface area contributed by atoms with Crippen molar-refractivity contribution >= 4 is 12.6 Å². The Bertz CT molecular complexity index is 396. The van der Waals surface area contributed by atoms with Crippen molar-refractivity contribution in [2.75, 3.05) is 0 Å². The van der Waals surface area contributed by atoms with Crippen molar-refractivity contribution in [3.63, 3.8) is 0 Å². The predicted molar refractivity (Wildman–Crippen MR) is 79.2 cm³/mol. The van der Waals surface area contributed by atoms with Gasteiger partial charge in [-0.15, -0.1) is 12.6 Å². The van der Waals surface area contributed by atoms with Crippen LogP contribution in [-0.4, -0.2) is 0 Å². The minimum atomic E-state index is 0.605. The third kappa shape index (κ3) is 3.16. The summed E-state index contributed by atoms with van der Waals surface area (Å²) >= 11 is 4.55. The van der Waals surface area contributed by atoms with E-state index in [4.69, 9.17) is 0 Å². The molecule has 0 aromatic rings. The molecule has 92 valence electrons. The van der Waals surface area contributed by atoms with Crippen LogP contribution in [0.15, 0.2) is 46.4 Å². The second-order valence-corrected chi connectivity index (χ2v) is 5.69. The molecular formula is C16H22S. The van der Waals surface area contributed by atoms with E-state index in [1.165, 1.54) is 41.7 Å². The van der Waals surface area contributed by atoms with Crippen molar-refractivity contribution in [1.29, 1.82) is 0 Å². The van der Waals surface area contributed by atoms with Gasteiger partial charge in [0.2, 0.25) is 0 Å². The normalized spacial score (nSPS) is 29.2. The molecule has 0 bridgehead atoms. The van der Waals surface area contributed by atoms with E-state index in [9.17, 15) is 0 Å². The maximum Gasteiger partial charge on any atom is -0.0130 e. The summed E-state index contributed by atoms with van der Waals surface area (Å²) < 4.78 is 0. The molecule has 0 radical (unpaired) electrons. The first-order valence-electron chi connectivity index (χ1n) is 6.68. The molecule has 0 saturated heterocycles. The molecule has 2 unspecified atom stereocenters. The molecule has 2 aliphatic carbocycles. The van der Waals surface area contributed by atoms with Crippen molar-refractivity contribution in [2.45, 2.75) is 39.5 Å². The Labute approximate surface area is 111 Å². The first-order chi connectivity index (χ1) is 8.20. The molecule has 0 fully saturated rings. The molecule has 0 amide bonds. The molecule has 0 aliphatic heterocycles. The van der Waals surface area contributed by atoms with Crippen LogP contribution in [0, 0.1) is 11.8 Å². The van der Waals surface area contributed by atoms with E-state index < -0.39 is 0 Å². The first kappa shape index (κ1) is 12.8. The molecule has 2 rings (SSSR count). The van der Waals surface area contributed by atoms with Crippen LogP contribution >= 0.6 is 12.6 Å². The van der Waals surface area contributed by atoms with E-state index in [0.717, 1.165) is 5.92 Å². The van der Waals surface area contributed by atoms with Gasteiger partial charge in [-0.25, -0.2) is 0 Å². The molecule has 0 nitrogen and oxygen atoms in total. The SMILES string of the molecule is CCC1C=CC=C(C2=CC=C(S)C(C)CC2)C1. The number of rotatable bonds is 2. The number of allylic oxidation sites excluding steroid dienone is 8. The summed E-state index contributed by atoms with van der Waals surface area (Å²) in [4.78, 5) is 1.22. The molecule has 2 atom stereocenters. The summed E-state index contributed by atoms with van der Waals surface area (Å²) in [7, 11) is 0. The fourth-order valence-electron chi connectivity index (χ4n) is 2.49. The maximum absolute atomic E-state index is 4.55. The zero-order chi connectivity index (χ0) is 12.3. The van der Waals surface area contributed by atoms with Gasteiger partial charge in [-0.2, -0.15) is 0 Å². The first-order valence-corrected chi connectivity index (χ1v) is 7.13. The zero-order valence-electron chi connectivity index (χ0n) is 10.8. The minimum absolute atomic E-state index is 0.605. The van der Waals surface area contributed by atoms with Crippen molar-refractivity contribution in [2.24, 2.45) is 11.8 Å². The van der Waals surface area contributed by atoms with Crippen molar-refractivity contribution in [3.05, 3.63) is 46.4 Å². The Kier molecular flexibility index (Phi) is 4.33. The quantitative estimate of drug-likeness (QED) is 0.646. The van der Waals surface area contributed by atoms with E-state index in [2.05, 4.69) is 56.9 Å². The third-order valence-corrected chi connectivity index (χ3v) is 4.50. The van der Waals surface area contributed by atoms with Crippen LogP contribution in [-0.2, 0) is 0 Å². The highest BCUT2D eigenvalue weighted by molar-refractivity contribution is 7.84. The van der Waals surface area contributed by atoms with E-state index >= 15 is 0 Å². The van der Waals surface area contributed by atoms with E-state index in [0.29, 0.717) is 5.92 Å². The van der Waals surface area contributed by atoms with Crippen LogP contribution in [0.2, 0.25) is 0 Å². The zero-order valence-corrected chi connectivity index (χ0v) is 11.7. The molecule has 0 aromatic heterocycles. The Morgan fingerprint density at radius 2 is 2.06 bits per heavy atom. The topological polar surface area (TPSA) is 0 Å². The van der Waals surface area contributed by atoms with Gasteiger partial charge in [0.25, 0.3) is 0 Å². The fourth-order valence-corrected chi connectivity index (χ4v) is 2.69. The van der Waals surface area contributed by atoms with Gasteiger partial charge >= 0.3 is 0 Å². The molecule has 0 N–H and O–H groups in total. The van der Waals surface area contributed by atoms with E-state index in [1.807, 2.05) is 0 Å². The van der Waals surface area contributed by atoms with Crippen molar-refractivity contribution < 1.29 is 0 Å². The summed E-state index contributed by atoms with van der Waals surface area (Å²) in [5, 5.41) is 0. The second kappa shape index (κ2) is 5.77. The van der Waals surface area contributed by atoms with Crippen LogP contribution in [0.5, 0.6) is 0 Å². The van der Waals surface area contributed by atoms with Crippen molar-refractivity contribution in [3.8, 4) is 0 Å². The highest BCUT2D eigenvalue weighted by Gasteiger charge is 2.16. The third-order valence-electron chi connectivity index (χ3n) is 3.91. The van der Waals surface area contributed by atoms with Crippen LogP contribution in [0.3, 0.4) is 0 Å². The van der Waals surface area contributed by atoms with Crippen LogP contribution in [0.25, 0.3) is 0 Å². The molecule has 0 spiro atoms. The molecule has 0 heterocycles. The van der Waals surface area contributed by atoms with Gasteiger partial charge < -0.3 is 0 Å². The standard InChI is InChI=1S/C16H22S/c1-3-13-5-4-6-15(11-13)14-8-7-12(2)16(17)10-9-14/h4-6,9-10,12-13,17H,3,7-8,11H2,1-2H3. The molecular weight excluding hydrogens is 224 g/mol.